The average Bonchev–Trinajstić information content (AvgIpc) is 2.47. The molecule has 3 nitrogen and oxygen atoms in total. The summed E-state index contributed by atoms with van der Waals surface area (Å²) in [4.78, 5) is 0. The summed E-state index contributed by atoms with van der Waals surface area (Å²) in [6, 6.07) is 2.13. The van der Waals surface area contributed by atoms with E-state index in [0.717, 1.165) is 23.9 Å². The van der Waals surface area contributed by atoms with E-state index in [1.165, 1.54) is 38.5 Å². The SMILES string of the molecule is CCC(CC)CC[Si]1(C)O[Si](CCC(CC)CC)(OC)O1. The van der Waals surface area contributed by atoms with Crippen molar-refractivity contribution >= 4 is 17.4 Å². The number of hydrogen-bond acceptors (Lipinski definition) is 3. The van der Waals surface area contributed by atoms with Crippen LogP contribution in [0.15, 0.2) is 0 Å². The van der Waals surface area contributed by atoms with Gasteiger partial charge in [0.05, 0.1) is 0 Å². The maximum Gasteiger partial charge on any atom is 0.482 e. The molecule has 0 N–H and O–H groups in total. The van der Waals surface area contributed by atoms with Gasteiger partial charge in [-0.15, -0.1) is 0 Å². The van der Waals surface area contributed by atoms with E-state index >= 15 is 0 Å². The summed E-state index contributed by atoms with van der Waals surface area (Å²) in [6.45, 7) is 11.3. The highest BCUT2D eigenvalue weighted by atomic mass is 28.5. The predicted molar refractivity (Wildman–Crippen MR) is 93.5 cm³/mol. The van der Waals surface area contributed by atoms with E-state index in [4.69, 9.17) is 12.7 Å². The van der Waals surface area contributed by atoms with E-state index in [2.05, 4.69) is 34.2 Å². The van der Waals surface area contributed by atoms with Crippen LogP contribution in [0.2, 0.25) is 18.6 Å². The second-order valence-corrected chi connectivity index (χ2v) is 13.3. The lowest BCUT2D eigenvalue weighted by atomic mass is 10.0. The Morgan fingerprint density at radius 2 is 1.24 bits per heavy atom. The van der Waals surface area contributed by atoms with E-state index in [0.29, 0.717) is 0 Å². The normalized spacial score (nSPS) is 29.1. The molecule has 1 saturated heterocycles. The molecule has 21 heavy (non-hydrogen) atoms. The van der Waals surface area contributed by atoms with Crippen molar-refractivity contribution in [1.82, 2.24) is 0 Å². The maximum absolute atomic E-state index is 6.38. The summed E-state index contributed by atoms with van der Waals surface area (Å²) in [5, 5.41) is 0. The zero-order valence-corrected chi connectivity index (χ0v) is 17.0. The molecule has 1 aliphatic rings. The van der Waals surface area contributed by atoms with Crippen molar-refractivity contribution in [2.24, 2.45) is 11.8 Å². The van der Waals surface area contributed by atoms with Gasteiger partial charge in [0.25, 0.3) is 0 Å². The summed E-state index contributed by atoms with van der Waals surface area (Å²) in [6.07, 6.45) is 7.45. The third kappa shape index (κ3) is 5.46. The molecule has 0 amide bonds. The smallest absolute Gasteiger partial charge is 0.394 e. The van der Waals surface area contributed by atoms with Gasteiger partial charge in [-0.25, -0.2) is 0 Å². The van der Waals surface area contributed by atoms with Gasteiger partial charge >= 0.3 is 17.4 Å². The molecule has 126 valence electrons. The van der Waals surface area contributed by atoms with E-state index in [-0.39, 0.29) is 0 Å². The summed E-state index contributed by atoms with van der Waals surface area (Å²) < 4.78 is 18.4. The maximum atomic E-state index is 6.38. The Kier molecular flexibility index (Phi) is 8.13. The fourth-order valence-electron chi connectivity index (χ4n) is 3.30. The lowest BCUT2D eigenvalue weighted by molar-refractivity contribution is 0.0991. The zero-order chi connectivity index (χ0) is 15.9. The molecule has 1 rings (SSSR count). The first-order chi connectivity index (χ1) is 9.96. The van der Waals surface area contributed by atoms with Crippen LogP contribution in [-0.2, 0) is 12.7 Å². The fourth-order valence-corrected chi connectivity index (χ4v) is 12.8. The molecular formula is C16H36O3Si2. The van der Waals surface area contributed by atoms with Crippen molar-refractivity contribution in [2.45, 2.75) is 84.9 Å². The van der Waals surface area contributed by atoms with Crippen LogP contribution in [0.5, 0.6) is 0 Å². The molecule has 1 fully saturated rings. The van der Waals surface area contributed by atoms with Gasteiger partial charge in [-0.3, -0.25) is 0 Å². The van der Waals surface area contributed by atoms with Crippen LogP contribution in [0, 0.1) is 11.8 Å². The largest absolute Gasteiger partial charge is 0.482 e. The van der Waals surface area contributed by atoms with E-state index < -0.39 is 17.4 Å². The van der Waals surface area contributed by atoms with Crippen molar-refractivity contribution < 1.29 is 12.7 Å². The minimum Gasteiger partial charge on any atom is -0.394 e. The quantitative estimate of drug-likeness (QED) is 0.478. The van der Waals surface area contributed by atoms with Crippen molar-refractivity contribution in [1.29, 1.82) is 0 Å². The third-order valence-corrected chi connectivity index (χ3v) is 13.9. The van der Waals surface area contributed by atoms with Crippen molar-refractivity contribution in [3.63, 3.8) is 0 Å². The molecule has 1 aliphatic heterocycles. The molecule has 0 aromatic heterocycles. The van der Waals surface area contributed by atoms with Crippen LogP contribution in [0.4, 0.5) is 0 Å². The van der Waals surface area contributed by atoms with Crippen LogP contribution >= 0.6 is 0 Å². The molecule has 0 bridgehead atoms. The Morgan fingerprint density at radius 1 is 0.810 bits per heavy atom. The highest BCUT2D eigenvalue weighted by molar-refractivity contribution is 6.91. The fraction of sp³-hybridized carbons (Fsp3) is 1.00. The summed E-state index contributed by atoms with van der Waals surface area (Å²) in [7, 11) is -2.41. The Hall–Kier alpha value is 0.314. The molecular weight excluding hydrogens is 296 g/mol. The molecule has 0 saturated carbocycles. The molecule has 0 unspecified atom stereocenters. The molecule has 0 atom stereocenters. The van der Waals surface area contributed by atoms with Crippen molar-refractivity contribution in [2.75, 3.05) is 7.11 Å². The number of hydrogen-bond donors (Lipinski definition) is 0. The van der Waals surface area contributed by atoms with Gasteiger partial charge in [0.1, 0.15) is 0 Å². The van der Waals surface area contributed by atoms with Gasteiger partial charge in [0.15, 0.2) is 0 Å². The van der Waals surface area contributed by atoms with Crippen LogP contribution in [0.25, 0.3) is 0 Å². The monoisotopic (exact) mass is 332 g/mol. The summed E-state index contributed by atoms with van der Waals surface area (Å²) in [5.41, 5.74) is 0. The molecule has 1 heterocycles. The molecule has 0 aromatic carbocycles. The average molecular weight is 333 g/mol. The zero-order valence-electron chi connectivity index (χ0n) is 15.0. The van der Waals surface area contributed by atoms with Gasteiger partial charge < -0.3 is 12.7 Å². The van der Waals surface area contributed by atoms with Crippen LogP contribution in [0.1, 0.15) is 66.2 Å². The Bertz CT molecular complexity index is 285. The van der Waals surface area contributed by atoms with Crippen molar-refractivity contribution in [3.8, 4) is 0 Å². The van der Waals surface area contributed by atoms with E-state index in [1.807, 2.05) is 0 Å². The van der Waals surface area contributed by atoms with Crippen LogP contribution < -0.4 is 0 Å². The minimum absolute atomic E-state index is 0.787. The predicted octanol–water partition coefficient (Wildman–Crippen LogP) is 5.34. The topological polar surface area (TPSA) is 27.7 Å². The minimum atomic E-state index is -2.28. The van der Waals surface area contributed by atoms with E-state index in [9.17, 15) is 0 Å². The Labute approximate surface area is 134 Å². The summed E-state index contributed by atoms with van der Waals surface area (Å²) in [5.74, 6) is 1.61. The first kappa shape index (κ1) is 19.4. The Balaban J connectivity index is 2.41. The lowest BCUT2D eigenvalue weighted by Crippen LogP contribution is -2.70. The van der Waals surface area contributed by atoms with E-state index in [1.54, 1.807) is 7.11 Å². The van der Waals surface area contributed by atoms with Gasteiger partial charge in [0, 0.05) is 13.2 Å². The van der Waals surface area contributed by atoms with Gasteiger partial charge in [0.2, 0.25) is 0 Å². The molecule has 0 spiro atoms. The first-order valence-corrected chi connectivity index (χ1v) is 13.4. The molecule has 0 aliphatic carbocycles. The number of rotatable bonds is 11. The second-order valence-electron chi connectivity index (χ2n) is 6.67. The van der Waals surface area contributed by atoms with Crippen LogP contribution in [-0.4, -0.2) is 24.5 Å². The van der Waals surface area contributed by atoms with Gasteiger partial charge in [-0.05, 0) is 37.3 Å². The molecule has 0 radical (unpaired) electrons. The van der Waals surface area contributed by atoms with Gasteiger partial charge in [-0.2, -0.15) is 0 Å². The second kappa shape index (κ2) is 8.82. The third-order valence-electron chi connectivity index (χ3n) is 5.23. The molecule has 5 heteroatoms. The van der Waals surface area contributed by atoms with Crippen molar-refractivity contribution in [3.05, 3.63) is 0 Å². The van der Waals surface area contributed by atoms with Crippen LogP contribution in [0.3, 0.4) is 0 Å². The summed E-state index contributed by atoms with van der Waals surface area (Å²) >= 11 is 0. The first-order valence-electron chi connectivity index (χ1n) is 8.91. The standard InChI is InChI=1S/C16H36O3Si2/c1-7-15(8-2)11-13-20(6)18-21(17-5,19-20)14-12-16(9-3)10-4/h15-16H,7-14H2,1-6H3. The van der Waals surface area contributed by atoms with Gasteiger partial charge in [-0.1, -0.05) is 53.4 Å². The molecule has 0 aromatic rings. The Morgan fingerprint density at radius 3 is 1.62 bits per heavy atom. The highest BCUT2D eigenvalue weighted by Gasteiger charge is 2.61. The lowest BCUT2D eigenvalue weighted by Gasteiger charge is -2.50. The highest BCUT2D eigenvalue weighted by Crippen LogP contribution is 2.40.